The molecular weight excluding hydrogens is 226 g/mol. The smallest absolute Gasteiger partial charge is 0.0281 e. The Balaban J connectivity index is 1.67. The van der Waals surface area contributed by atoms with E-state index in [9.17, 15) is 0 Å². The molecule has 0 unspecified atom stereocenters. The van der Waals surface area contributed by atoms with Crippen LogP contribution in [0.5, 0.6) is 0 Å². The molecule has 0 radical (unpaired) electrons. The Bertz CT molecular complexity index is 203. The highest BCUT2D eigenvalue weighted by Crippen LogP contribution is 2.39. The molecule has 0 aromatic carbocycles. The van der Waals surface area contributed by atoms with Crippen LogP contribution in [0.1, 0.15) is 64.2 Å². The molecule has 2 rings (SSSR count). The van der Waals surface area contributed by atoms with Crippen LogP contribution in [0.15, 0.2) is 0 Å². The van der Waals surface area contributed by atoms with Crippen molar-refractivity contribution < 1.29 is 0 Å². The average molecular weight is 255 g/mol. The van der Waals surface area contributed by atoms with Gasteiger partial charge in [-0.2, -0.15) is 11.8 Å². The van der Waals surface area contributed by atoms with Crippen LogP contribution in [0.2, 0.25) is 0 Å². The first-order chi connectivity index (χ1) is 8.35. The molecule has 1 nitrogen and oxygen atoms in total. The van der Waals surface area contributed by atoms with Crippen molar-refractivity contribution in [1.82, 2.24) is 5.32 Å². The lowest BCUT2D eigenvalue weighted by Gasteiger charge is -2.28. The summed E-state index contributed by atoms with van der Waals surface area (Å²) >= 11 is 2.11. The Labute approximate surface area is 112 Å². The Hall–Kier alpha value is 0.310. The molecular formula is C15H29NS. The van der Waals surface area contributed by atoms with Crippen molar-refractivity contribution in [2.24, 2.45) is 5.92 Å². The van der Waals surface area contributed by atoms with Gasteiger partial charge in [0.2, 0.25) is 0 Å². The first kappa shape index (κ1) is 13.7. The minimum absolute atomic E-state index is 0.588. The highest BCUT2D eigenvalue weighted by Gasteiger charge is 2.32. The zero-order chi connectivity index (χ0) is 12.0. The van der Waals surface area contributed by atoms with Gasteiger partial charge in [0.15, 0.2) is 0 Å². The number of nitrogens with one attached hydrogen (secondary N) is 1. The maximum Gasteiger partial charge on any atom is 0.0281 e. The van der Waals surface area contributed by atoms with Crippen LogP contribution in [-0.4, -0.2) is 24.1 Å². The molecule has 0 saturated heterocycles. The van der Waals surface area contributed by atoms with Gasteiger partial charge in [0.1, 0.15) is 0 Å². The highest BCUT2D eigenvalue weighted by molar-refractivity contribution is 8.00. The standard InChI is InChI=1S/C15H29NS/c1-17-15(10-6-7-11-15)13-16-12-14-8-4-2-3-5-9-14/h14,16H,2-13H2,1H3. The van der Waals surface area contributed by atoms with Gasteiger partial charge < -0.3 is 5.32 Å². The topological polar surface area (TPSA) is 12.0 Å². The van der Waals surface area contributed by atoms with E-state index < -0.39 is 0 Å². The molecule has 2 aliphatic rings. The molecule has 0 spiro atoms. The van der Waals surface area contributed by atoms with E-state index in [1.165, 1.54) is 77.3 Å². The molecule has 0 heterocycles. The Morgan fingerprint density at radius 2 is 1.65 bits per heavy atom. The molecule has 1 N–H and O–H groups in total. The minimum Gasteiger partial charge on any atom is -0.315 e. The number of thioether (sulfide) groups is 1. The third-order valence-electron chi connectivity index (χ3n) is 4.80. The normalized spacial score (nSPS) is 25.9. The largest absolute Gasteiger partial charge is 0.315 e. The van der Waals surface area contributed by atoms with Crippen LogP contribution in [0.4, 0.5) is 0 Å². The molecule has 17 heavy (non-hydrogen) atoms. The zero-order valence-corrected chi connectivity index (χ0v) is 12.3. The maximum atomic E-state index is 3.80. The first-order valence-corrected chi connectivity index (χ1v) is 8.83. The number of hydrogen-bond donors (Lipinski definition) is 1. The van der Waals surface area contributed by atoms with Crippen LogP contribution in [0.3, 0.4) is 0 Å². The summed E-state index contributed by atoms with van der Waals surface area (Å²) in [6, 6.07) is 0. The maximum absolute atomic E-state index is 3.80. The van der Waals surface area contributed by atoms with E-state index in [1.807, 2.05) is 0 Å². The van der Waals surface area contributed by atoms with Gasteiger partial charge in [0.05, 0.1) is 0 Å². The fourth-order valence-corrected chi connectivity index (χ4v) is 4.49. The van der Waals surface area contributed by atoms with E-state index in [-0.39, 0.29) is 0 Å². The molecule has 0 atom stereocenters. The third-order valence-corrected chi connectivity index (χ3v) is 6.22. The van der Waals surface area contributed by atoms with Crippen LogP contribution in [0, 0.1) is 5.92 Å². The summed E-state index contributed by atoms with van der Waals surface area (Å²) in [5.41, 5.74) is 0. The van der Waals surface area contributed by atoms with Gasteiger partial charge in [0, 0.05) is 11.3 Å². The minimum atomic E-state index is 0.588. The zero-order valence-electron chi connectivity index (χ0n) is 11.5. The lowest BCUT2D eigenvalue weighted by atomic mass is 10.00. The monoisotopic (exact) mass is 255 g/mol. The number of rotatable bonds is 5. The summed E-state index contributed by atoms with van der Waals surface area (Å²) in [5, 5.41) is 3.80. The van der Waals surface area contributed by atoms with Gasteiger partial charge in [-0.15, -0.1) is 0 Å². The van der Waals surface area contributed by atoms with Crippen LogP contribution >= 0.6 is 11.8 Å². The summed E-state index contributed by atoms with van der Waals surface area (Å²) in [6.07, 6.45) is 16.9. The van der Waals surface area contributed by atoms with Crippen molar-refractivity contribution in [1.29, 1.82) is 0 Å². The third kappa shape index (κ3) is 4.17. The van der Waals surface area contributed by atoms with Gasteiger partial charge >= 0.3 is 0 Å². The lowest BCUT2D eigenvalue weighted by molar-refractivity contribution is 0.409. The fourth-order valence-electron chi connectivity index (χ4n) is 3.54. The van der Waals surface area contributed by atoms with E-state index in [4.69, 9.17) is 0 Å². The van der Waals surface area contributed by atoms with Crippen molar-refractivity contribution >= 4 is 11.8 Å². The Morgan fingerprint density at radius 1 is 1.00 bits per heavy atom. The molecule has 0 aromatic heterocycles. The molecule has 0 aliphatic heterocycles. The summed E-state index contributed by atoms with van der Waals surface area (Å²) in [5.74, 6) is 0.970. The second-order valence-electron chi connectivity index (χ2n) is 6.08. The van der Waals surface area contributed by atoms with Crippen molar-refractivity contribution in [2.45, 2.75) is 69.0 Å². The van der Waals surface area contributed by atoms with E-state index in [2.05, 4.69) is 23.3 Å². The van der Waals surface area contributed by atoms with Gasteiger partial charge in [0.25, 0.3) is 0 Å². The fraction of sp³-hybridized carbons (Fsp3) is 1.00. The van der Waals surface area contributed by atoms with Gasteiger partial charge in [-0.3, -0.25) is 0 Å². The molecule has 0 amide bonds. The molecule has 0 bridgehead atoms. The average Bonchev–Trinajstić information content (AvgIpc) is 2.67. The van der Waals surface area contributed by atoms with Crippen LogP contribution < -0.4 is 5.32 Å². The molecule has 2 aliphatic carbocycles. The first-order valence-electron chi connectivity index (χ1n) is 7.60. The summed E-state index contributed by atoms with van der Waals surface area (Å²) in [7, 11) is 0. The Kier molecular flexibility index (Phi) is 5.68. The van der Waals surface area contributed by atoms with Crippen LogP contribution in [-0.2, 0) is 0 Å². The molecule has 100 valence electrons. The predicted octanol–water partition coefficient (Wildman–Crippen LogP) is 4.22. The Morgan fingerprint density at radius 3 is 2.24 bits per heavy atom. The lowest BCUT2D eigenvalue weighted by Crippen LogP contribution is -2.37. The van der Waals surface area contributed by atoms with Gasteiger partial charge in [-0.1, -0.05) is 38.5 Å². The van der Waals surface area contributed by atoms with Crippen molar-refractivity contribution in [2.75, 3.05) is 19.3 Å². The summed E-state index contributed by atoms with van der Waals surface area (Å²) < 4.78 is 0.588. The van der Waals surface area contributed by atoms with E-state index >= 15 is 0 Å². The van der Waals surface area contributed by atoms with E-state index in [0.29, 0.717) is 4.75 Å². The quantitative estimate of drug-likeness (QED) is 0.738. The second-order valence-corrected chi connectivity index (χ2v) is 7.36. The molecule has 2 fully saturated rings. The summed E-state index contributed by atoms with van der Waals surface area (Å²) in [4.78, 5) is 0. The number of hydrogen-bond acceptors (Lipinski definition) is 2. The van der Waals surface area contributed by atoms with Gasteiger partial charge in [-0.05, 0) is 44.4 Å². The molecule has 2 heteroatoms. The highest BCUT2D eigenvalue weighted by atomic mass is 32.2. The molecule has 0 aromatic rings. The van der Waals surface area contributed by atoms with Crippen LogP contribution in [0.25, 0.3) is 0 Å². The second kappa shape index (κ2) is 7.04. The predicted molar refractivity (Wildman–Crippen MR) is 78.8 cm³/mol. The SMILES string of the molecule is CSC1(CNCC2CCCCCC2)CCCC1. The van der Waals surface area contributed by atoms with Crippen molar-refractivity contribution in [3.8, 4) is 0 Å². The van der Waals surface area contributed by atoms with Crippen molar-refractivity contribution in [3.05, 3.63) is 0 Å². The van der Waals surface area contributed by atoms with E-state index in [1.54, 1.807) is 0 Å². The van der Waals surface area contributed by atoms with Crippen molar-refractivity contribution in [3.63, 3.8) is 0 Å². The molecule has 2 saturated carbocycles. The van der Waals surface area contributed by atoms with Gasteiger partial charge in [-0.25, -0.2) is 0 Å². The summed E-state index contributed by atoms with van der Waals surface area (Å²) in [6.45, 7) is 2.53. The van der Waals surface area contributed by atoms with E-state index in [0.717, 1.165) is 5.92 Å².